The van der Waals surface area contributed by atoms with E-state index in [-0.39, 0.29) is 36.1 Å². The molecule has 0 amide bonds. The molecule has 7 atom stereocenters. The maximum Gasteiger partial charge on any atom is 0.336 e. The largest absolute Gasteiger partial charge is 0.459 e. The Hall–Kier alpha value is -0.950. The van der Waals surface area contributed by atoms with E-state index in [4.69, 9.17) is 9.47 Å². The van der Waals surface area contributed by atoms with Crippen molar-refractivity contribution in [2.24, 2.45) is 22.7 Å². The second-order valence-corrected chi connectivity index (χ2v) is 9.23. The number of rotatable bonds is 3. The fourth-order valence-corrected chi connectivity index (χ4v) is 6.24. The summed E-state index contributed by atoms with van der Waals surface area (Å²) >= 11 is 0. The summed E-state index contributed by atoms with van der Waals surface area (Å²) in [5.41, 5.74) is -0.405. The average Bonchev–Trinajstić information content (AvgIpc) is 3.31. The van der Waals surface area contributed by atoms with Crippen LogP contribution in [0.4, 0.5) is 0 Å². The van der Waals surface area contributed by atoms with Crippen LogP contribution in [0, 0.1) is 22.7 Å². The summed E-state index contributed by atoms with van der Waals surface area (Å²) in [5, 5.41) is 30.6. The van der Waals surface area contributed by atoms with Gasteiger partial charge in [-0.2, -0.15) is 0 Å². The zero-order chi connectivity index (χ0) is 18.7. The fourth-order valence-electron chi connectivity index (χ4n) is 6.24. The van der Waals surface area contributed by atoms with Crippen LogP contribution in [0.1, 0.15) is 46.0 Å². The first-order chi connectivity index (χ1) is 12.3. The highest BCUT2D eigenvalue weighted by atomic mass is 16.6. The van der Waals surface area contributed by atoms with Crippen molar-refractivity contribution in [1.82, 2.24) is 0 Å². The van der Waals surface area contributed by atoms with Gasteiger partial charge in [-0.3, -0.25) is 0 Å². The molecule has 0 radical (unpaired) electrons. The zero-order valence-electron chi connectivity index (χ0n) is 15.6. The molecule has 6 heteroatoms. The summed E-state index contributed by atoms with van der Waals surface area (Å²) in [6.07, 6.45) is 4.53. The molecule has 4 fully saturated rings. The van der Waals surface area contributed by atoms with E-state index in [1.54, 1.807) is 0 Å². The van der Waals surface area contributed by atoms with Gasteiger partial charge in [-0.1, -0.05) is 19.9 Å². The van der Waals surface area contributed by atoms with Crippen LogP contribution in [0.5, 0.6) is 0 Å². The third kappa shape index (κ3) is 2.49. The molecule has 4 aliphatic rings. The summed E-state index contributed by atoms with van der Waals surface area (Å²) in [7, 11) is 0. The molecular formula is C20H30O6. The summed E-state index contributed by atoms with van der Waals surface area (Å²) in [6, 6.07) is 0. The van der Waals surface area contributed by atoms with Gasteiger partial charge in [-0.15, -0.1) is 0 Å². The first kappa shape index (κ1) is 18.4. The number of cyclic esters (lactones) is 1. The number of ether oxygens (including phenoxy) is 2. The second-order valence-electron chi connectivity index (χ2n) is 9.23. The van der Waals surface area contributed by atoms with Crippen molar-refractivity contribution < 1.29 is 29.6 Å². The lowest BCUT2D eigenvalue weighted by Gasteiger charge is -2.60. The first-order valence-corrected chi connectivity index (χ1v) is 9.75. The van der Waals surface area contributed by atoms with Gasteiger partial charge in [0.25, 0.3) is 0 Å². The zero-order valence-corrected chi connectivity index (χ0v) is 15.6. The average molecular weight is 366 g/mol. The number of aliphatic hydroxyl groups is 3. The molecule has 0 aromatic rings. The maximum absolute atomic E-state index is 11.8. The van der Waals surface area contributed by atoms with Crippen LogP contribution in [0.3, 0.4) is 0 Å². The number of hydrogen-bond donors (Lipinski definition) is 3. The van der Waals surface area contributed by atoms with Crippen LogP contribution in [-0.2, 0) is 14.3 Å². The predicted molar refractivity (Wildman–Crippen MR) is 93.1 cm³/mol. The van der Waals surface area contributed by atoms with Crippen molar-refractivity contribution in [1.29, 1.82) is 0 Å². The molecule has 2 heterocycles. The molecule has 6 nitrogen and oxygen atoms in total. The number of allylic oxidation sites excluding steroid dienone is 1. The van der Waals surface area contributed by atoms with Crippen LogP contribution < -0.4 is 0 Å². The van der Waals surface area contributed by atoms with Crippen molar-refractivity contribution in [3.05, 3.63) is 11.6 Å². The molecule has 3 N–H and O–H groups in total. The topological polar surface area (TPSA) is 99.5 Å². The molecule has 1 spiro atoms. The van der Waals surface area contributed by atoms with Gasteiger partial charge in [0.1, 0.15) is 12.7 Å². The highest BCUT2D eigenvalue weighted by Crippen LogP contribution is 2.66. The molecule has 2 aliphatic heterocycles. The normalized spacial score (nSPS) is 52.2. The first-order valence-electron chi connectivity index (χ1n) is 9.75. The van der Waals surface area contributed by atoms with Gasteiger partial charge in [0, 0.05) is 5.41 Å². The Kier molecular flexibility index (Phi) is 4.27. The number of fused-ring (bicyclic) bond motifs is 1. The Bertz CT molecular complexity index is 626. The lowest BCUT2D eigenvalue weighted by molar-refractivity contribution is -0.175. The second kappa shape index (κ2) is 6.03. The van der Waals surface area contributed by atoms with Crippen molar-refractivity contribution >= 4 is 5.97 Å². The highest BCUT2D eigenvalue weighted by molar-refractivity contribution is 5.91. The lowest BCUT2D eigenvalue weighted by Crippen LogP contribution is -2.60. The van der Waals surface area contributed by atoms with E-state index in [1.165, 1.54) is 0 Å². The van der Waals surface area contributed by atoms with E-state index in [0.29, 0.717) is 18.4 Å². The molecule has 146 valence electrons. The third-order valence-electron chi connectivity index (χ3n) is 7.99. The minimum Gasteiger partial charge on any atom is -0.459 e. The van der Waals surface area contributed by atoms with E-state index in [1.807, 2.05) is 13.0 Å². The predicted octanol–water partition coefficient (Wildman–Crippen LogP) is 1.18. The molecular weight excluding hydrogens is 336 g/mol. The number of epoxide rings is 1. The smallest absolute Gasteiger partial charge is 0.336 e. The molecule has 26 heavy (non-hydrogen) atoms. The standard InChI is InChI=1S/C20H30O6/c1-18-7-6-16(23)19(2,10-21)14(18)5-8-20(11-26-20)15(18)4-3-12-13(22)9-25-17(12)24/h3,13-16,21-23H,4-11H2,1-2H3/b12-3+/t13-,14-,15+,16-,18-,19+,20-/m1/s1. The van der Waals surface area contributed by atoms with Gasteiger partial charge in [0.2, 0.25) is 0 Å². The molecule has 0 aromatic carbocycles. The van der Waals surface area contributed by atoms with Gasteiger partial charge in [-0.25, -0.2) is 4.79 Å². The quantitative estimate of drug-likeness (QED) is 0.394. The van der Waals surface area contributed by atoms with E-state index in [0.717, 1.165) is 25.9 Å². The van der Waals surface area contributed by atoms with Crippen LogP contribution >= 0.6 is 0 Å². The molecule has 2 aliphatic carbocycles. The Balaban J connectivity index is 1.66. The Morgan fingerprint density at radius 2 is 1.96 bits per heavy atom. The summed E-state index contributed by atoms with van der Waals surface area (Å²) in [5.74, 6) is -0.0392. The number of aliphatic hydroxyl groups excluding tert-OH is 3. The van der Waals surface area contributed by atoms with Gasteiger partial charge < -0.3 is 24.8 Å². The van der Waals surface area contributed by atoms with Crippen molar-refractivity contribution in [3.8, 4) is 0 Å². The van der Waals surface area contributed by atoms with E-state index in [9.17, 15) is 20.1 Å². The fraction of sp³-hybridized carbons (Fsp3) is 0.850. The molecule has 0 unspecified atom stereocenters. The van der Waals surface area contributed by atoms with Gasteiger partial charge in [0.05, 0.1) is 30.5 Å². The van der Waals surface area contributed by atoms with E-state index < -0.39 is 23.6 Å². The molecule has 2 saturated heterocycles. The van der Waals surface area contributed by atoms with Gasteiger partial charge in [-0.05, 0) is 49.4 Å². The van der Waals surface area contributed by atoms with Crippen molar-refractivity contribution in [3.63, 3.8) is 0 Å². The van der Waals surface area contributed by atoms with Crippen LogP contribution in [0.15, 0.2) is 11.6 Å². The summed E-state index contributed by atoms with van der Waals surface area (Å²) in [4.78, 5) is 11.8. The monoisotopic (exact) mass is 366 g/mol. The van der Waals surface area contributed by atoms with Crippen LogP contribution in [-0.4, -0.2) is 58.9 Å². The number of esters is 1. The van der Waals surface area contributed by atoms with Crippen molar-refractivity contribution in [2.45, 2.75) is 63.8 Å². The van der Waals surface area contributed by atoms with Crippen molar-refractivity contribution in [2.75, 3.05) is 19.8 Å². The highest BCUT2D eigenvalue weighted by Gasteiger charge is 2.66. The Morgan fingerprint density at radius 3 is 2.54 bits per heavy atom. The van der Waals surface area contributed by atoms with E-state index in [2.05, 4.69) is 6.92 Å². The third-order valence-corrected chi connectivity index (χ3v) is 7.99. The minimum atomic E-state index is -0.846. The summed E-state index contributed by atoms with van der Waals surface area (Å²) in [6.45, 7) is 4.99. The molecule has 4 rings (SSSR count). The molecule has 2 saturated carbocycles. The number of hydrogen-bond acceptors (Lipinski definition) is 6. The maximum atomic E-state index is 11.8. The Labute approximate surface area is 154 Å². The Morgan fingerprint density at radius 1 is 1.23 bits per heavy atom. The van der Waals surface area contributed by atoms with Gasteiger partial charge >= 0.3 is 5.97 Å². The van der Waals surface area contributed by atoms with Crippen LogP contribution in [0.25, 0.3) is 0 Å². The number of carbonyl (C=O) groups is 1. The molecule has 0 bridgehead atoms. The summed E-state index contributed by atoms with van der Waals surface area (Å²) < 4.78 is 10.9. The van der Waals surface area contributed by atoms with Crippen LogP contribution in [0.2, 0.25) is 0 Å². The SMILES string of the molecule is C[C@]1(CO)[C@@H]2CC[C@@]3(CO3)[C@@H](C/C=C3/C(=O)OC[C@H]3O)[C@]2(C)CC[C@H]1O. The van der Waals surface area contributed by atoms with E-state index >= 15 is 0 Å². The lowest BCUT2D eigenvalue weighted by atomic mass is 9.45. The minimum absolute atomic E-state index is 0.0267. The molecule has 0 aromatic heterocycles. The van der Waals surface area contributed by atoms with Gasteiger partial charge in [0.15, 0.2) is 0 Å². The number of carbonyl (C=O) groups excluding carboxylic acids is 1.